The van der Waals surface area contributed by atoms with E-state index in [1.54, 1.807) is 32.0 Å². The van der Waals surface area contributed by atoms with Crippen LogP contribution in [0.25, 0.3) is 0 Å². The Labute approximate surface area is 297 Å². The van der Waals surface area contributed by atoms with Gasteiger partial charge in [0.1, 0.15) is 17.1 Å². The van der Waals surface area contributed by atoms with Crippen molar-refractivity contribution in [3.8, 4) is 5.75 Å². The Bertz CT molecular complexity index is 1510. The third kappa shape index (κ3) is 8.14. The number of hydrogen-bond donors (Lipinski definition) is 4. The molecule has 0 unspecified atom stereocenters. The molecule has 0 spiro atoms. The topological polar surface area (TPSA) is 158 Å². The van der Waals surface area contributed by atoms with Gasteiger partial charge in [0.2, 0.25) is 0 Å². The molecule has 2 aromatic carbocycles. The Morgan fingerprint density at radius 2 is 1.74 bits per heavy atom. The molecule has 2 fully saturated rings. The van der Waals surface area contributed by atoms with Gasteiger partial charge in [-0.25, -0.2) is 4.79 Å². The molecule has 4 N–H and O–H groups in total. The molecule has 0 saturated carbocycles. The molecule has 50 heavy (non-hydrogen) atoms. The van der Waals surface area contributed by atoms with E-state index in [4.69, 9.17) is 9.47 Å². The maximum atomic E-state index is 14.1. The lowest BCUT2D eigenvalue weighted by molar-refractivity contribution is -0.229. The zero-order chi connectivity index (χ0) is 37.0. The van der Waals surface area contributed by atoms with Crippen LogP contribution >= 0.6 is 0 Å². The SMILES string of the molecule is CC[C@@H](C(=O)[C@@H](C)[C@@H](O)[C@H](C)CCc1c(N=Nc2ccccc2)cc(C)c(O)c1C(=O)O)[C@H]1O[C@](CC)([C@H]2CC[C@](O)(CC)[C@H](C)O2)C[C@@H]1C. The van der Waals surface area contributed by atoms with E-state index in [1.165, 1.54) is 0 Å². The van der Waals surface area contributed by atoms with Crippen molar-refractivity contribution < 1.29 is 39.5 Å². The number of aliphatic hydroxyl groups excluding tert-OH is 1. The number of carboxylic acid groups (broad SMARTS) is 1. The third-order valence-electron chi connectivity index (χ3n) is 11.8. The van der Waals surface area contributed by atoms with Crippen molar-refractivity contribution in [1.82, 2.24) is 0 Å². The van der Waals surface area contributed by atoms with Crippen LogP contribution in [0.4, 0.5) is 11.4 Å². The quantitative estimate of drug-likeness (QED) is 0.136. The van der Waals surface area contributed by atoms with E-state index in [0.29, 0.717) is 54.6 Å². The Morgan fingerprint density at radius 3 is 2.32 bits per heavy atom. The highest BCUT2D eigenvalue weighted by molar-refractivity contribution is 5.95. The van der Waals surface area contributed by atoms with Crippen LogP contribution in [0.15, 0.2) is 46.6 Å². The average molecular weight is 695 g/mol. The minimum absolute atomic E-state index is 0.0505. The Hall–Kier alpha value is -3.18. The van der Waals surface area contributed by atoms with Gasteiger partial charge in [0.05, 0.1) is 47.0 Å². The number of Topliss-reactive ketones (excluding diaryl/α,β-unsaturated/α-hetero) is 1. The summed E-state index contributed by atoms with van der Waals surface area (Å²) in [5.74, 6) is -3.02. The van der Waals surface area contributed by atoms with Gasteiger partial charge >= 0.3 is 5.97 Å². The lowest BCUT2D eigenvalue weighted by Crippen LogP contribution is -2.55. The number of aromatic hydroxyl groups is 1. The molecule has 0 aromatic heterocycles. The number of carboxylic acids is 1. The smallest absolute Gasteiger partial charge is 0.339 e. The molecule has 2 aliphatic rings. The number of benzene rings is 2. The average Bonchev–Trinajstić information content (AvgIpc) is 3.45. The summed E-state index contributed by atoms with van der Waals surface area (Å²) in [5.41, 5.74) is 0.00483. The first-order valence-electron chi connectivity index (χ1n) is 18.5. The molecule has 10 atom stereocenters. The lowest BCUT2D eigenvalue weighted by atomic mass is 9.76. The van der Waals surface area contributed by atoms with Gasteiger partial charge in [-0.1, -0.05) is 59.7 Å². The van der Waals surface area contributed by atoms with Gasteiger partial charge in [0, 0.05) is 11.8 Å². The van der Waals surface area contributed by atoms with Crippen molar-refractivity contribution in [2.75, 3.05) is 0 Å². The fourth-order valence-electron chi connectivity index (χ4n) is 8.26. The monoisotopic (exact) mass is 694 g/mol. The van der Waals surface area contributed by atoms with E-state index in [2.05, 4.69) is 24.1 Å². The molecule has 0 aliphatic carbocycles. The maximum absolute atomic E-state index is 14.1. The van der Waals surface area contributed by atoms with E-state index in [9.17, 15) is 30.0 Å². The Balaban J connectivity index is 1.49. The summed E-state index contributed by atoms with van der Waals surface area (Å²) >= 11 is 0. The number of aliphatic hydroxyl groups is 2. The first-order chi connectivity index (χ1) is 23.6. The summed E-state index contributed by atoms with van der Waals surface area (Å²) < 4.78 is 13.3. The van der Waals surface area contributed by atoms with E-state index >= 15 is 0 Å². The number of carbonyl (C=O) groups excluding carboxylic acids is 1. The summed E-state index contributed by atoms with van der Waals surface area (Å²) in [4.78, 5) is 26.5. The fourth-order valence-corrected chi connectivity index (χ4v) is 8.26. The van der Waals surface area contributed by atoms with Gasteiger partial charge < -0.3 is 29.9 Å². The Morgan fingerprint density at radius 1 is 1.06 bits per heavy atom. The molecule has 4 rings (SSSR count). The summed E-state index contributed by atoms with van der Waals surface area (Å²) in [7, 11) is 0. The fraction of sp³-hybridized carbons (Fsp3) is 0.650. The van der Waals surface area contributed by atoms with Crippen molar-refractivity contribution >= 4 is 23.1 Å². The van der Waals surface area contributed by atoms with Gasteiger partial charge in [0.25, 0.3) is 0 Å². The van der Waals surface area contributed by atoms with Crippen molar-refractivity contribution in [1.29, 1.82) is 0 Å². The number of nitrogens with zero attached hydrogens (tertiary/aromatic N) is 2. The van der Waals surface area contributed by atoms with Crippen LogP contribution in [0.3, 0.4) is 0 Å². The highest BCUT2D eigenvalue weighted by atomic mass is 16.6. The highest BCUT2D eigenvalue weighted by Crippen LogP contribution is 2.48. The molecular formula is C40H58N2O8. The second kappa shape index (κ2) is 16.4. The number of hydrogen-bond acceptors (Lipinski definition) is 9. The molecule has 2 aromatic rings. The van der Waals surface area contributed by atoms with E-state index < -0.39 is 35.1 Å². The van der Waals surface area contributed by atoms with Gasteiger partial charge in [0.15, 0.2) is 0 Å². The predicted octanol–water partition coefficient (Wildman–Crippen LogP) is 8.26. The zero-order valence-electron chi connectivity index (χ0n) is 31.1. The first kappa shape index (κ1) is 39.6. The number of azo groups is 1. The van der Waals surface area contributed by atoms with Gasteiger partial charge in [-0.2, -0.15) is 10.2 Å². The zero-order valence-corrected chi connectivity index (χ0v) is 31.1. The number of ether oxygens (including phenoxy) is 2. The van der Waals surface area contributed by atoms with Gasteiger partial charge in [-0.05, 0) is 106 Å². The Kier molecular flexibility index (Phi) is 13.0. The minimum Gasteiger partial charge on any atom is -0.507 e. The number of aryl methyl sites for hydroxylation is 1. The van der Waals surface area contributed by atoms with Crippen LogP contribution in [0.2, 0.25) is 0 Å². The van der Waals surface area contributed by atoms with Crippen molar-refractivity contribution in [2.45, 2.75) is 142 Å². The molecule has 2 heterocycles. The maximum Gasteiger partial charge on any atom is 0.339 e. The van der Waals surface area contributed by atoms with Crippen LogP contribution in [0, 0.1) is 30.6 Å². The predicted molar refractivity (Wildman–Crippen MR) is 192 cm³/mol. The molecule has 276 valence electrons. The second-order valence-corrected chi connectivity index (χ2v) is 14.9. The van der Waals surface area contributed by atoms with Crippen LogP contribution in [0.1, 0.15) is 115 Å². The van der Waals surface area contributed by atoms with Gasteiger partial charge in [-0.15, -0.1) is 0 Å². The molecule has 0 amide bonds. The molecular weight excluding hydrogens is 636 g/mol. The standard InChI is InChI=1S/C40H58N2O8/c1-9-29(37-25(6)22-40(11-3,50-37)32-19-20-39(48,10-2)27(8)49-32)36(45)26(7)34(43)23(4)17-18-30-31(42-41-28-15-13-12-14-16-28)21-24(5)35(44)33(30)38(46)47/h12-16,21,23,25-27,29,32,34,37,43-44,48H,9-11,17-20,22H2,1-8H3,(H,46,47)/t23-,25+,26+,27+,29+,32-,34+,37+,39-,40+/m1/s1. The molecule has 2 aliphatic heterocycles. The number of aromatic carboxylic acids is 1. The molecule has 10 heteroatoms. The number of carbonyl (C=O) groups is 2. The van der Waals surface area contributed by atoms with E-state index in [-0.39, 0.29) is 53.7 Å². The summed E-state index contributed by atoms with van der Waals surface area (Å²) in [5, 5.41) is 51.9. The second-order valence-electron chi connectivity index (χ2n) is 14.9. The highest BCUT2D eigenvalue weighted by Gasteiger charge is 2.55. The van der Waals surface area contributed by atoms with Crippen molar-refractivity contribution in [3.63, 3.8) is 0 Å². The normalized spacial score (nSPS) is 29.5. The summed E-state index contributed by atoms with van der Waals surface area (Å²) in [6.45, 7) is 15.3. The van der Waals surface area contributed by atoms with Crippen LogP contribution in [0.5, 0.6) is 5.75 Å². The molecule has 0 radical (unpaired) electrons. The number of ketones is 1. The van der Waals surface area contributed by atoms with E-state index in [0.717, 1.165) is 12.8 Å². The first-order valence-corrected chi connectivity index (χ1v) is 18.5. The van der Waals surface area contributed by atoms with E-state index in [1.807, 2.05) is 45.9 Å². The molecule has 0 bridgehead atoms. The van der Waals surface area contributed by atoms with Crippen LogP contribution < -0.4 is 0 Å². The van der Waals surface area contributed by atoms with Crippen molar-refractivity contribution in [2.24, 2.45) is 33.9 Å². The van der Waals surface area contributed by atoms with Crippen LogP contribution in [-0.2, 0) is 20.7 Å². The number of rotatable bonds is 15. The largest absolute Gasteiger partial charge is 0.507 e. The minimum atomic E-state index is -1.28. The summed E-state index contributed by atoms with van der Waals surface area (Å²) in [6.07, 6.45) is 2.76. The molecule has 10 nitrogen and oxygen atoms in total. The van der Waals surface area contributed by atoms with Crippen LogP contribution in [-0.4, -0.2) is 67.8 Å². The van der Waals surface area contributed by atoms with Gasteiger partial charge in [-0.3, -0.25) is 4.79 Å². The number of phenols is 1. The van der Waals surface area contributed by atoms with Crippen molar-refractivity contribution in [3.05, 3.63) is 53.1 Å². The lowest BCUT2D eigenvalue weighted by Gasteiger charge is -2.47. The molecule has 2 saturated heterocycles. The third-order valence-corrected chi connectivity index (χ3v) is 11.8. The summed E-state index contributed by atoms with van der Waals surface area (Å²) in [6, 6.07) is 10.7.